The van der Waals surface area contributed by atoms with E-state index in [4.69, 9.17) is 12.6 Å². The summed E-state index contributed by atoms with van der Waals surface area (Å²) >= 11 is 10.1. The highest BCUT2D eigenvalue weighted by Crippen LogP contribution is 2.43. The van der Waals surface area contributed by atoms with E-state index in [2.05, 4.69) is 98.4 Å². The summed E-state index contributed by atoms with van der Waals surface area (Å²) in [5.74, 6) is 0. The topological polar surface area (TPSA) is 21.3 Å². The van der Waals surface area contributed by atoms with Crippen molar-refractivity contribution in [1.29, 1.82) is 0 Å². The molecule has 0 aromatic heterocycles. The smallest absolute Gasteiger partial charge is 0.150 e. The molecule has 9 heteroatoms. The van der Waals surface area contributed by atoms with Crippen molar-refractivity contribution in [2.75, 3.05) is 23.9 Å². The van der Waals surface area contributed by atoms with E-state index in [1.165, 1.54) is 31.7 Å². The monoisotopic (exact) mass is 459 g/mol. The molecule has 3 heterocycles. The van der Waals surface area contributed by atoms with Crippen LogP contribution in [0.4, 0.5) is 11.4 Å². The van der Waals surface area contributed by atoms with Crippen molar-refractivity contribution in [1.82, 2.24) is 11.9 Å². The van der Waals surface area contributed by atoms with Crippen LogP contribution in [0.25, 0.3) is 11.0 Å². The van der Waals surface area contributed by atoms with Gasteiger partial charge in [0.05, 0.1) is 22.4 Å². The predicted octanol–water partition coefficient (Wildman–Crippen LogP) is 5.43. The van der Waals surface area contributed by atoms with Crippen molar-refractivity contribution in [3.63, 3.8) is 0 Å². The third kappa shape index (κ3) is 2.91. The van der Waals surface area contributed by atoms with Gasteiger partial charge in [-0.15, -0.1) is 12.6 Å². The first-order valence-corrected chi connectivity index (χ1v) is 11.9. The van der Waals surface area contributed by atoms with E-state index < -0.39 is 0 Å². The number of anilines is 2. The van der Waals surface area contributed by atoms with Gasteiger partial charge < -0.3 is 18.9 Å². The molecule has 5 nitrogen and oxygen atoms in total. The molecule has 0 bridgehead atoms. The minimum atomic E-state index is 0.951. The fourth-order valence-corrected chi connectivity index (χ4v) is 7.71. The molecule has 0 saturated carbocycles. The van der Waals surface area contributed by atoms with Crippen LogP contribution in [0.2, 0.25) is 0 Å². The number of para-hydroxylation sites is 4. The molecule has 0 saturated heterocycles. The lowest BCUT2D eigenvalue weighted by molar-refractivity contribution is 0.854. The Morgan fingerprint density at radius 1 is 0.724 bits per heavy atom. The molecule has 0 amide bonds. The summed E-state index contributed by atoms with van der Waals surface area (Å²) < 4.78 is 9.32. The lowest BCUT2D eigenvalue weighted by Crippen LogP contribution is -2.29. The highest BCUT2D eigenvalue weighted by atomic mass is 32.2. The molecule has 0 aliphatic carbocycles. The van der Waals surface area contributed by atoms with Crippen LogP contribution in [0.3, 0.4) is 0 Å². The van der Waals surface area contributed by atoms with Gasteiger partial charge in [-0.3, -0.25) is 0 Å². The zero-order valence-corrected chi connectivity index (χ0v) is 19.9. The highest BCUT2D eigenvalue weighted by molar-refractivity contribution is 8.05. The molecule has 0 spiro atoms. The second-order valence-electron chi connectivity index (χ2n) is 6.95. The summed E-state index contributed by atoms with van der Waals surface area (Å²) in [6.45, 7) is 0. The molecule has 5 rings (SSSR count). The van der Waals surface area contributed by atoms with E-state index in [-0.39, 0.29) is 0 Å². The van der Waals surface area contributed by atoms with Gasteiger partial charge >= 0.3 is 0 Å². The Morgan fingerprint density at radius 2 is 1.21 bits per heavy atom. The largest absolute Gasteiger partial charge is 0.336 e. The first-order valence-electron chi connectivity index (χ1n) is 9.12. The van der Waals surface area contributed by atoms with Gasteiger partial charge in [0.2, 0.25) is 0 Å². The number of hydrogen-bond acceptors (Lipinski definition) is 6. The van der Waals surface area contributed by atoms with E-state index in [1.54, 1.807) is 35.0 Å². The summed E-state index contributed by atoms with van der Waals surface area (Å²) in [4.78, 5) is 4.37. The molecular weight excluding hydrogens is 439 g/mol. The maximum atomic E-state index is 4.85. The van der Waals surface area contributed by atoms with Crippen molar-refractivity contribution in [3.05, 3.63) is 67.9 Å². The number of nitrogens with zero attached hydrogens (tertiary/aromatic N) is 5. The summed E-state index contributed by atoms with van der Waals surface area (Å²) in [6, 6.07) is 17.0. The van der Waals surface area contributed by atoms with Gasteiger partial charge in [0.25, 0.3) is 0 Å². The van der Waals surface area contributed by atoms with Gasteiger partial charge in [0.1, 0.15) is 10.1 Å². The number of thiol groups is 1. The standard InChI is InChI=1S/C20H21N5S4/c1-21-13-9-5-6-10-14(13)22(2)18(17(21)26)27-25-28-19-20(29-25)24(4)16-12-8-7-11-15(16)23(19)3/h5-12,26H,1-4H3. The molecular formula is C20H21N5S4. The SMILES string of the molecule is CN1C(S)=C(Sn2sc3n(C)c4ccccc4n(C)c=3s2)N(C)c2ccccc21. The first-order chi connectivity index (χ1) is 14.0. The average molecular weight is 460 g/mol. The molecule has 150 valence electrons. The van der Waals surface area contributed by atoms with E-state index in [0.717, 1.165) is 10.1 Å². The Hall–Kier alpha value is -1.94. The maximum Gasteiger partial charge on any atom is 0.150 e. The number of aryl methyl sites for hydroxylation is 2. The zero-order valence-electron chi connectivity index (χ0n) is 16.5. The number of hydrogen-bond donors (Lipinski definition) is 1. The Morgan fingerprint density at radius 3 is 1.76 bits per heavy atom. The predicted molar refractivity (Wildman–Crippen MR) is 131 cm³/mol. The molecule has 3 aliphatic heterocycles. The molecule has 3 aliphatic rings. The van der Waals surface area contributed by atoms with Crippen LogP contribution in [0, 0.1) is 9.33 Å². The van der Waals surface area contributed by atoms with Crippen molar-refractivity contribution in [3.8, 4) is 0 Å². The number of aromatic nitrogens is 3. The summed E-state index contributed by atoms with van der Waals surface area (Å²) in [7, 11) is 8.46. The van der Waals surface area contributed by atoms with Crippen molar-refractivity contribution in [2.24, 2.45) is 14.1 Å². The van der Waals surface area contributed by atoms with Crippen LogP contribution in [-0.4, -0.2) is 26.0 Å². The average Bonchev–Trinajstić information content (AvgIpc) is 3.18. The van der Waals surface area contributed by atoms with Crippen molar-refractivity contribution < 1.29 is 0 Å². The van der Waals surface area contributed by atoms with Gasteiger partial charge in [0.15, 0.2) is 9.33 Å². The number of fused-ring (bicyclic) bond motifs is 2. The van der Waals surface area contributed by atoms with Crippen LogP contribution >= 0.6 is 47.6 Å². The van der Waals surface area contributed by atoms with E-state index in [9.17, 15) is 0 Å². The van der Waals surface area contributed by atoms with Crippen LogP contribution in [0.5, 0.6) is 0 Å². The molecule has 0 fully saturated rings. The third-order valence-electron chi connectivity index (χ3n) is 5.30. The summed E-state index contributed by atoms with van der Waals surface area (Å²) in [6.07, 6.45) is 0. The lowest BCUT2D eigenvalue weighted by Gasteiger charge is -2.35. The van der Waals surface area contributed by atoms with Gasteiger partial charge in [-0.2, -0.15) is 2.75 Å². The Balaban J connectivity index is 1.63. The molecule has 0 radical (unpaired) electrons. The second-order valence-corrected chi connectivity index (χ2v) is 10.9. The van der Waals surface area contributed by atoms with Crippen LogP contribution < -0.4 is 9.80 Å². The molecule has 2 aromatic carbocycles. The van der Waals surface area contributed by atoms with E-state index >= 15 is 0 Å². The van der Waals surface area contributed by atoms with E-state index in [0.29, 0.717) is 0 Å². The van der Waals surface area contributed by atoms with Crippen LogP contribution in [-0.2, 0) is 14.1 Å². The van der Waals surface area contributed by atoms with E-state index in [1.807, 2.05) is 0 Å². The fourth-order valence-electron chi connectivity index (χ4n) is 3.66. The van der Waals surface area contributed by atoms with Crippen molar-refractivity contribution in [2.45, 2.75) is 0 Å². The second kappa shape index (κ2) is 7.09. The number of rotatable bonds is 2. The third-order valence-corrected chi connectivity index (χ3v) is 9.80. The summed E-state index contributed by atoms with van der Waals surface area (Å²) in [5.41, 5.74) is 4.81. The molecule has 29 heavy (non-hydrogen) atoms. The Kier molecular flexibility index (Phi) is 4.65. The Bertz CT molecular complexity index is 1300. The Labute approximate surface area is 187 Å². The quantitative estimate of drug-likeness (QED) is 0.404. The highest BCUT2D eigenvalue weighted by Gasteiger charge is 2.26. The number of benzene rings is 2. The zero-order chi connectivity index (χ0) is 20.3. The van der Waals surface area contributed by atoms with Gasteiger partial charge in [0, 0.05) is 40.1 Å². The molecule has 0 atom stereocenters. The fraction of sp³-hybridized carbons (Fsp3) is 0.200. The summed E-state index contributed by atoms with van der Waals surface area (Å²) in [5, 5.41) is 2.06. The van der Waals surface area contributed by atoms with Gasteiger partial charge in [-0.25, -0.2) is 0 Å². The lowest BCUT2D eigenvalue weighted by atomic mass is 10.2. The minimum Gasteiger partial charge on any atom is -0.336 e. The van der Waals surface area contributed by atoms with Crippen LogP contribution in [0.1, 0.15) is 0 Å². The molecule has 0 unspecified atom stereocenters. The van der Waals surface area contributed by atoms with Gasteiger partial charge in [-0.1, -0.05) is 24.3 Å². The minimum absolute atomic E-state index is 0.951. The van der Waals surface area contributed by atoms with Crippen LogP contribution in [0.15, 0.2) is 58.6 Å². The van der Waals surface area contributed by atoms with Gasteiger partial charge in [-0.05, 0) is 47.3 Å². The normalized spacial score (nSPS) is 14.2. The molecule has 2 aromatic rings. The first kappa shape index (κ1) is 19.0. The van der Waals surface area contributed by atoms with Crippen molar-refractivity contribution >= 4 is 70.0 Å². The maximum absolute atomic E-state index is 4.85. The molecule has 0 N–H and O–H groups in total.